The van der Waals surface area contributed by atoms with Crippen LogP contribution in [-0.4, -0.2) is 37.0 Å². The van der Waals surface area contributed by atoms with Gasteiger partial charge in [-0.2, -0.15) is 13.2 Å². The second kappa shape index (κ2) is 5.82. The molecule has 6 heteroatoms. The lowest BCUT2D eigenvalue weighted by molar-refractivity contribution is -0.138. The van der Waals surface area contributed by atoms with E-state index in [1.165, 1.54) is 6.07 Å². The van der Waals surface area contributed by atoms with Crippen molar-refractivity contribution in [3.63, 3.8) is 0 Å². The zero-order chi connectivity index (χ0) is 16.7. The number of carbonyl (C=O) groups is 1. The fourth-order valence-electron chi connectivity index (χ4n) is 3.42. The number of rotatable bonds is 3. The molecule has 0 bridgehead atoms. The zero-order valence-corrected chi connectivity index (χ0v) is 13.1. The van der Waals surface area contributed by atoms with E-state index in [1.54, 1.807) is 6.07 Å². The van der Waals surface area contributed by atoms with E-state index in [0.29, 0.717) is 37.5 Å². The van der Waals surface area contributed by atoms with Crippen LogP contribution in [0, 0.1) is 0 Å². The van der Waals surface area contributed by atoms with Crippen molar-refractivity contribution in [2.75, 3.05) is 20.1 Å². The number of carbonyl (C=O) groups excluding carboxylic acids is 1. The molecule has 1 N–H and O–H groups in total. The van der Waals surface area contributed by atoms with E-state index in [0.717, 1.165) is 25.0 Å². The van der Waals surface area contributed by atoms with Crippen LogP contribution in [0.5, 0.6) is 0 Å². The van der Waals surface area contributed by atoms with E-state index in [9.17, 15) is 18.0 Å². The van der Waals surface area contributed by atoms with Gasteiger partial charge in [0.1, 0.15) is 0 Å². The summed E-state index contributed by atoms with van der Waals surface area (Å²) < 4.78 is 38.7. The normalized spacial score (nSPS) is 21.3. The van der Waals surface area contributed by atoms with E-state index >= 15 is 0 Å². The second-order valence-electron chi connectivity index (χ2n) is 6.52. The Kier molecular flexibility index (Phi) is 4.12. The molecule has 3 rings (SSSR count). The Morgan fingerprint density at radius 3 is 2.43 bits per heavy atom. The van der Waals surface area contributed by atoms with Gasteiger partial charge in [0.2, 0.25) is 5.91 Å². The van der Waals surface area contributed by atoms with Crippen LogP contribution < -0.4 is 5.32 Å². The molecular formula is C17H21F3N2O. The van der Waals surface area contributed by atoms with Crippen molar-refractivity contribution in [3.8, 4) is 0 Å². The van der Waals surface area contributed by atoms with Crippen LogP contribution in [0.3, 0.4) is 0 Å². The smallest absolute Gasteiger partial charge is 0.342 e. The van der Waals surface area contributed by atoms with Crippen molar-refractivity contribution < 1.29 is 18.0 Å². The van der Waals surface area contributed by atoms with Crippen molar-refractivity contribution in [3.05, 3.63) is 35.4 Å². The van der Waals surface area contributed by atoms with Crippen molar-refractivity contribution in [1.29, 1.82) is 0 Å². The van der Waals surface area contributed by atoms with Crippen molar-refractivity contribution >= 4 is 5.91 Å². The number of benzene rings is 1. The summed E-state index contributed by atoms with van der Waals surface area (Å²) in [6.45, 7) is 1.34. The molecule has 1 heterocycles. The van der Waals surface area contributed by atoms with Gasteiger partial charge in [-0.05, 0) is 44.4 Å². The number of hydrogen-bond acceptors (Lipinski definition) is 2. The zero-order valence-electron chi connectivity index (χ0n) is 13.1. The van der Waals surface area contributed by atoms with Crippen LogP contribution in [0.2, 0.25) is 0 Å². The third-order valence-electron chi connectivity index (χ3n) is 5.09. The van der Waals surface area contributed by atoms with E-state index in [2.05, 4.69) is 5.32 Å². The Balaban J connectivity index is 1.79. The lowest BCUT2D eigenvalue weighted by Crippen LogP contribution is -2.47. The van der Waals surface area contributed by atoms with E-state index < -0.39 is 17.2 Å². The molecule has 0 unspecified atom stereocenters. The summed E-state index contributed by atoms with van der Waals surface area (Å²) in [4.78, 5) is 14.7. The van der Waals surface area contributed by atoms with Gasteiger partial charge in [0, 0.05) is 19.1 Å². The molecule has 0 aromatic heterocycles. The minimum atomic E-state index is -4.37. The number of amides is 1. The highest BCUT2D eigenvalue weighted by atomic mass is 19.4. The van der Waals surface area contributed by atoms with Gasteiger partial charge in [-0.25, -0.2) is 0 Å². The Bertz CT molecular complexity index is 588. The number of alkyl halides is 3. The maximum absolute atomic E-state index is 12.9. The summed E-state index contributed by atoms with van der Waals surface area (Å²) in [7, 11) is 1.91. The monoisotopic (exact) mass is 326 g/mol. The third kappa shape index (κ3) is 3.09. The number of nitrogens with one attached hydrogen (secondary N) is 1. The van der Waals surface area contributed by atoms with Gasteiger partial charge in [0.25, 0.3) is 0 Å². The van der Waals surface area contributed by atoms with Gasteiger partial charge in [-0.3, -0.25) is 4.79 Å². The van der Waals surface area contributed by atoms with Gasteiger partial charge in [-0.1, -0.05) is 18.2 Å². The topological polar surface area (TPSA) is 32.3 Å². The maximum Gasteiger partial charge on any atom is 0.416 e. The maximum atomic E-state index is 12.9. The molecule has 3 nitrogen and oxygen atoms in total. The Hall–Kier alpha value is -1.56. The molecule has 126 valence electrons. The van der Waals surface area contributed by atoms with Crippen LogP contribution in [0.25, 0.3) is 0 Å². The van der Waals surface area contributed by atoms with Gasteiger partial charge in [0.05, 0.1) is 11.0 Å². The molecule has 0 spiro atoms. The van der Waals surface area contributed by atoms with E-state index in [-0.39, 0.29) is 5.91 Å². The van der Waals surface area contributed by atoms with Crippen LogP contribution in [-0.2, 0) is 16.4 Å². The fraction of sp³-hybridized carbons (Fsp3) is 0.588. The highest BCUT2D eigenvalue weighted by Gasteiger charge is 2.53. The van der Waals surface area contributed by atoms with Gasteiger partial charge < -0.3 is 10.2 Å². The number of likely N-dealkylation sites (tertiary alicyclic amines) is 1. The highest BCUT2D eigenvalue weighted by Crippen LogP contribution is 2.50. The molecule has 0 atom stereocenters. The van der Waals surface area contributed by atoms with Crippen molar-refractivity contribution in [2.45, 2.75) is 43.3 Å². The average molecular weight is 326 g/mol. The minimum absolute atomic E-state index is 0.00798. The molecule has 23 heavy (non-hydrogen) atoms. The number of piperidine rings is 1. The first-order valence-electron chi connectivity index (χ1n) is 8.01. The predicted octanol–water partition coefficient (Wildman–Crippen LogP) is 2.95. The van der Waals surface area contributed by atoms with Crippen LogP contribution in [0.1, 0.15) is 36.8 Å². The Morgan fingerprint density at radius 1 is 1.26 bits per heavy atom. The van der Waals surface area contributed by atoms with E-state index in [4.69, 9.17) is 0 Å². The molecule has 1 saturated carbocycles. The molecular weight excluding hydrogens is 305 g/mol. The van der Waals surface area contributed by atoms with Crippen LogP contribution in [0.15, 0.2) is 24.3 Å². The molecule has 1 aromatic rings. The van der Waals surface area contributed by atoms with Gasteiger partial charge >= 0.3 is 6.18 Å². The molecule has 1 saturated heterocycles. The third-order valence-corrected chi connectivity index (χ3v) is 5.09. The molecule has 2 aliphatic rings. The average Bonchev–Trinajstić information content (AvgIpc) is 3.35. The standard InChI is InChI=1S/C17H21F3N2O/c1-21-14-5-9-22(10-6-14)15(23)16(7-8-16)12-3-2-4-13(11-12)17(18,19)20/h2-4,11,14,21H,5-10H2,1H3. The number of hydrogen-bond donors (Lipinski definition) is 1. The van der Waals surface area contributed by atoms with Crippen LogP contribution >= 0.6 is 0 Å². The summed E-state index contributed by atoms with van der Waals surface area (Å²) in [6.07, 6.45) is -1.32. The molecule has 1 aromatic carbocycles. The molecule has 1 aliphatic heterocycles. The second-order valence-corrected chi connectivity index (χ2v) is 6.52. The SMILES string of the molecule is CNC1CCN(C(=O)C2(c3cccc(C(F)(F)F)c3)CC2)CC1. The summed E-state index contributed by atoms with van der Waals surface area (Å²) in [5.41, 5.74) is -0.899. The first kappa shape index (κ1) is 16.3. The number of nitrogens with zero attached hydrogens (tertiary/aromatic N) is 1. The van der Waals surface area contributed by atoms with Gasteiger partial charge in [0.15, 0.2) is 0 Å². The summed E-state index contributed by atoms with van der Waals surface area (Å²) in [6, 6.07) is 5.68. The highest BCUT2D eigenvalue weighted by molar-refractivity contribution is 5.91. The van der Waals surface area contributed by atoms with Crippen molar-refractivity contribution in [2.24, 2.45) is 0 Å². The van der Waals surface area contributed by atoms with Gasteiger partial charge in [-0.15, -0.1) is 0 Å². The molecule has 0 radical (unpaired) electrons. The number of halogens is 3. The predicted molar refractivity (Wildman–Crippen MR) is 81.0 cm³/mol. The Morgan fingerprint density at radius 2 is 1.91 bits per heavy atom. The van der Waals surface area contributed by atoms with Crippen molar-refractivity contribution in [1.82, 2.24) is 10.2 Å². The molecule has 1 amide bonds. The summed E-state index contributed by atoms with van der Waals surface area (Å²) in [5, 5.41) is 3.21. The summed E-state index contributed by atoms with van der Waals surface area (Å²) in [5.74, 6) is -0.00798. The lowest BCUT2D eigenvalue weighted by Gasteiger charge is -2.34. The minimum Gasteiger partial charge on any atom is -0.342 e. The first-order chi connectivity index (χ1) is 10.9. The fourth-order valence-corrected chi connectivity index (χ4v) is 3.42. The van der Waals surface area contributed by atoms with E-state index in [1.807, 2.05) is 11.9 Å². The lowest BCUT2D eigenvalue weighted by atomic mass is 9.91. The summed E-state index contributed by atoms with van der Waals surface area (Å²) >= 11 is 0. The molecule has 1 aliphatic carbocycles. The molecule has 2 fully saturated rings. The quantitative estimate of drug-likeness (QED) is 0.926. The Labute approximate surface area is 133 Å². The first-order valence-corrected chi connectivity index (χ1v) is 8.01. The largest absolute Gasteiger partial charge is 0.416 e. The van der Waals surface area contributed by atoms with Crippen LogP contribution in [0.4, 0.5) is 13.2 Å².